The van der Waals surface area contributed by atoms with E-state index in [1.807, 2.05) is 0 Å². The summed E-state index contributed by atoms with van der Waals surface area (Å²) >= 11 is 0. The predicted molar refractivity (Wildman–Crippen MR) is 76.4 cm³/mol. The number of nitrogens with zero attached hydrogens (tertiary/aromatic N) is 1. The second-order valence-corrected chi connectivity index (χ2v) is 7.28. The van der Waals surface area contributed by atoms with Crippen molar-refractivity contribution in [3.63, 3.8) is 0 Å². The molecule has 0 atom stereocenters. The van der Waals surface area contributed by atoms with E-state index < -0.39 is 5.97 Å². The van der Waals surface area contributed by atoms with Crippen molar-refractivity contribution >= 4 is 12.0 Å². The fourth-order valence-electron chi connectivity index (χ4n) is 3.04. The standard InChI is InChI=1S/C15H26N2O3/c1-15(2,3)11-8-12(9-11)16-14(20)17-6-4-10(5-7-17)13(18)19/h10-12H,4-9H2,1-3H3,(H,16,20)(H,18,19). The van der Waals surface area contributed by atoms with Gasteiger partial charge in [0.2, 0.25) is 0 Å². The van der Waals surface area contributed by atoms with Gasteiger partial charge >= 0.3 is 12.0 Å². The molecule has 2 aliphatic rings. The van der Waals surface area contributed by atoms with Crippen molar-refractivity contribution in [2.24, 2.45) is 17.3 Å². The Kier molecular flexibility index (Phi) is 4.25. The van der Waals surface area contributed by atoms with Crippen LogP contribution in [0.3, 0.4) is 0 Å². The SMILES string of the molecule is CC(C)(C)C1CC(NC(=O)N2CCC(C(=O)O)CC2)C1. The summed E-state index contributed by atoms with van der Waals surface area (Å²) in [6.45, 7) is 7.83. The number of amides is 2. The topological polar surface area (TPSA) is 69.6 Å². The zero-order valence-electron chi connectivity index (χ0n) is 12.7. The number of urea groups is 1. The quantitative estimate of drug-likeness (QED) is 0.816. The van der Waals surface area contributed by atoms with E-state index in [0.29, 0.717) is 43.3 Å². The molecule has 0 bridgehead atoms. The van der Waals surface area contributed by atoms with E-state index >= 15 is 0 Å². The summed E-state index contributed by atoms with van der Waals surface area (Å²) in [4.78, 5) is 24.7. The Balaban J connectivity index is 1.71. The number of hydrogen-bond acceptors (Lipinski definition) is 2. The van der Waals surface area contributed by atoms with Crippen LogP contribution >= 0.6 is 0 Å². The Bertz CT molecular complexity index is 375. The number of carboxylic acid groups (broad SMARTS) is 1. The number of nitrogens with one attached hydrogen (secondary N) is 1. The van der Waals surface area contributed by atoms with Crippen LogP contribution in [0.4, 0.5) is 4.79 Å². The van der Waals surface area contributed by atoms with Crippen molar-refractivity contribution in [1.82, 2.24) is 10.2 Å². The fraction of sp³-hybridized carbons (Fsp3) is 0.867. The zero-order chi connectivity index (χ0) is 14.9. The van der Waals surface area contributed by atoms with Crippen LogP contribution in [0, 0.1) is 17.3 Å². The van der Waals surface area contributed by atoms with Gasteiger partial charge in [-0.1, -0.05) is 20.8 Å². The molecule has 0 radical (unpaired) electrons. The van der Waals surface area contributed by atoms with Gasteiger partial charge in [-0.2, -0.15) is 0 Å². The van der Waals surface area contributed by atoms with Crippen LogP contribution in [-0.2, 0) is 4.79 Å². The maximum Gasteiger partial charge on any atom is 0.317 e. The van der Waals surface area contributed by atoms with Gasteiger partial charge in [-0.25, -0.2) is 4.79 Å². The molecule has 0 spiro atoms. The molecule has 5 nitrogen and oxygen atoms in total. The van der Waals surface area contributed by atoms with Crippen molar-refractivity contribution in [1.29, 1.82) is 0 Å². The molecule has 20 heavy (non-hydrogen) atoms. The summed E-state index contributed by atoms with van der Waals surface area (Å²) in [5.41, 5.74) is 0.320. The molecule has 1 saturated carbocycles. The van der Waals surface area contributed by atoms with E-state index in [9.17, 15) is 9.59 Å². The molecule has 2 N–H and O–H groups in total. The van der Waals surface area contributed by atoms with Gasteiger partial charge in [0.25, 0.3) is 0 Å². The van der Waals surface area contributed by atoms with Crippen molar-refractivity contribution in [2.75, 3.05) is 13.1 Å². The van der Waals surface area contributed by atoms with Crippen molar-refractivity contribution in [3.8, 4) is 0 Å². The molecule has 114 valence electrons. The lowest BCUT2D eigenvalue weighted by molar-refractivity contribution is -0.143. The molecule has 2 amide bonds. The van der Waals surface area contributed by atoms with Crippen LogP contribution in [0.1, 0.15) is 46.5 Å². The molecule has 2 fully saturated rings. The first-order valence-corrected chi connectivity index (χ1v) is 7.55. The largest absolute Gasteiger partial charge is 0.481 e. The average Bonchev–Trinajstić information content (AvgIpc) is 2.31. The van der Waals surface area contributed by atoms with Crippen molar-refractivity contribution in [2.45, 2.75) is 52.5 Å². The summed E-state index contributed by atoms with van der Waals surface area (Å²) in [6, 6.07) is 0.273. The Hall–Kier alpha value is -1.26. The molecule has 1 aliphatic heterocycles. The highest BCUT2D eigenvalue weighted by Gasteiger charge is 2.38. The van der Waals surface area contributed by atoms with E-state index in [2.05, 4.69) is 26.1 Å². The molecular weight excluding hydrogens is 256 g/mol. The van der Waals surface area contributed by atoms with Gasteiger partial charge in [-0.3, -0.25) is 4.79 Å². The summed E-state index contributed by atoms with van der Waals surface area (Å²) < 4.78 is 0. The monoisotopic (exact) mass is 282 g/mol. The number of hydrogen-bond donors (Lipinski definition) is 2. The van der Waals surface area contributed by atoms with E-state index in [-0.39, 0.29) is 11.9 Å². The highest BCUT2D eigenvalue weighted by molar-refractivity contribution is 5.75. The first kappa shape index (κ1) is 15.1. The van der Waals surface area contributed by atoms with Gasteiger partial charge < -0.3 is 15.3 Å². The highest BCUT2D eigenvalue weighted by Crippen LogP contribution is 2.41. The molecule has 2 rings (SSSR count). The number of carboxylic acids is 1. The minimum absolute atomic E-state index is 0.0220. The van der Waals surface area contributed by atoms with Crippen LogP contribution in [-0.4, -0.2) is 41.1 Å². The van der Waals surface area contributed by atoms with Crippen LogP contribution in [0.2, 0.25) is 0 Å². The second kappa shape index (κ2) is 5.62. The smallest absolute Gasteiger partial charge is 0.317 e. The molecule has 1 heterocycles. The molecular formula is C15H26N2O3. The van der Waals surface area contributed by atoms with Crippen LogP contribution in [0.15, 0.2) is 0 Å². The molecule has 0 unspecified atom stereocenters. The van der Waals surface area contributed by atoms with Gasteiger partial charge in [-0.05, 0) is 37.0 Å². The highest BCUT2D eigenvalue weighted by atomic mass is 16.4. The zero-order valence-corrected chi connectivity index (χ0v) is 12.7. The molecule has 1 saturated heterocycles. The lowest BCUT2D eigenvalue weighted by Gasteiger charge is -2.44. The average molecular weight is 282 g/mol. The van der Waals surface area contributed by atoms with E-state index in [1.54, 1.807) is 4.90 Å². The minimum Gasteiger partial charge on any atom is -0.481 e. The third kappa shape index (κ3) is 3.44. The van der Waals surface area contributed by atoms with E-state index in [0.717, 1.165) is 12.8 Å². The van der Waals surface area contributed by atoms with Crippen molar-refractivity contribution < 1.29 is 14.7 Å². The number of aliphatic carboxylic acids is 1. The first-order valence-electron chi connectivity index (χ1n) is 7.55. The van der Waals surface area contributed by atoms with Crippen molar-refractivity contribution in [3.05, 3.63) is 0 Å². The fourth-order valence-corrected chi connectivity index (χ4v) is 3.04. The summed E-state index contributed by atoms with van der Waals surface area (Å²) in [7, 11) is 0. The number of carbonyl (C=O) groups is 2. The predicted octanol–water partition coefficient (Wildman–Crippen LogP) is 2.32. The summed E-state index contributed by atoms with van der Waals surface area (Å²) in [5.74, 6) is -0.337. The third-order valence-electron chi connectivity index (χ3n) is 4.82. The number of carbonyl (C=O) groups excluding carboxylic acids is 1. The summed E-state index contributed by atoms with van der Waals surface area (Å²) in [5, 5.41) is 12.0. The third-order valence-corrected chi connectivity index (χ3v) is 4.82. The van der Waals surface area contributed by atoms with Gasteiger partial charge in [0.15, 0.2) is 0 Å². The maximum atomic E-state index is 12.1. The molecule has 0 aromatic rings. The molecule has 0 aromatic heterocycles. The van der Waals surface area contributed by atoms with Crippen LogP contribution in [0.5, 0.6) is 0 Å². The molecule has 1 aliphatic carbocycles. The molecule has 0 aromatic carbocycles. The van der Waals surface area contributed by atoms with E-state index in [1.165, 1.54) is 0 Å². The maximum absolute atomic E-state index is 12.1. The second-order valence-electron chi connectivity index (χ2n) is 7.28. The Labute approximate surface area is 120 Å². The molecule has 5 heteroatoms. The first-order chi connectivity index (χ1) is 9.27. The minimum atomic E-state index is -0.739. The number of likely N-dealkylation sites (tertiary alicyclic amines) is 1. The Morgan fingerprint density at radius 2 is 1.70 bits per heavy atom. The Morgan fingerprint density at radius 1 is 1.15 bits per heavy atom. The lowest BCUT2D eigenvalue weighted by atomic mass is 9.66. The van der Waals surface area contributed by atoms with Crippen LogP contribution < -0.4 is 5.32 Å². The van der Waals surface area contributed by atoms with Crippen LogP contribution in [0.25, 0.3) is 0 Å². The van der Waals surface area contributed by atoms with Gasteiger partial charge in [0.1, 0.15) is 0 Å². The number of rotatable bonds is 2. The lowest BCUT2D eigenvalue weighted by Crippen LogP contribution is -2.53. The number of piperidine rings is 1. The Morgan fingerprint density at radius 3 is 2.15 bits per heavy atom. The normalized spacial score (nSPS) is 27.9. The van der Waals surface area contributed by atoms with E-state index in [4.69, 9.17) is 5.11 Å². The van der Waals surface area contributed by atoms with Gasteiger partial charge in [-0.15, -0.1) is 0 Å². The van der Waals surface area contributed by atoms with Gasteiger partial charge in [0, 0.05) is 19.1 Å². The van der Waals surface area contributed by atoms with Gasteiger partial charge in [0.05, 0.1) is 5.92 Å². The summed E-state index contributed by atoms with van der Waals surface area (Å²) in [6.07, 6.45) is 3.25.